The lowest BCUT2D eigenvalue weighted by atomic mass is 10.0. The van der Waals surface area contributed by atoms with Crippen LogP contribution in [0.3, 0.4) is 0 Å². The number of carbonyl (C=O) groups excluding carboxylic acids is 1. The smallest absolute Gasteiger partial charge is 0.268 e. The van der Waals surface area contributed by atoms with E-state index < -0.39 is 20.0 Å². The van der Waals surface area contributed by atoms with Gasteiger partial charge in [0.05, 0.1) is 39.9 Å². The van der Waals surface area contributed by atoms with E-state index in [0.29, 0.717) is 17.4 Å². The third-order valence-corrected chi connectivity index (χ3v) is 12.1. The molecule has 0 aliphatic heterocycles. The van der Waals surface area contributed by atoms with Crippen molar-refractivity contribution in [2.45, 2.75) is 244 Å². The molecule has 58 heavy (non-hydrogen) atoms. The molecule has 0 rings (SSSR count). The molecule has 0 saturated heterocycles. The van der Waals surface area contributed by atoms with Crippen molar-refractivity contribution in [1.29, 1.82) is 0 Å². The van der Waals surface area contributed by atoms with Gasteiger partial charge in [0.2, 0.25) is 5.91 Å². The van der Waals surface area contributed by atoms with Gasteiger partial charge < -0.3 is 28.8 Å². The van der Waals surface area contributed by atoms with Gasteiger partial charge >= 0.3 is 0 Å². The Kier molecular flexibility index (Phi) is 40.6. The second-order valence-electron chi connectivity index (χ2n) is 18.2. The van der Waals surface area contributed by atoms with Crippen molar-refractivity contribution in [1.82, 2.24) is 5.32 Å². The first-order chi connectivity index (χ1) is 28.0. The van der Waals surface area contributed by atoms with Crippen molar-refractivity contribution in [3.63, 3.8) is 0 Å². The molecule has 0 bridgehead atoms. The normalized spacial score (nSPS) is 14.4. The average Bonchev–Trinajstić information content (AvgIpc) is 3.17. The Bertz CT molecular complexity index is 1000. The number of carbonyl (C=O) groups is 1. The summed E-state index contributed by atoms with van der Waals surface area (Å²) >= 11 is 0. The van der Waals surface area contributed by atoms with E-state index in [9.17, 15) is 19.4 Å². The second-order valence-corrected chi connectivity index (χ2v) is 19.6. The number of allylic oxidation sites excluding steroid dienone is 3. The number of phosphoric acid groups is 1. The van der Waals surface area contributed by atoms with Crippen LogP contribution in [0.25, 0.3) is 0 Å². The zero-order chi connectivity index (χ0) is 42.8. The van der Waals surface area contributed by atoms with Crippen molar-refractivity contribution < 1.29 is 32.9 Å². The summed E-state index contributed by atoms with van der Waals surface area (Å²) in [5, 5.41) is 13.8. The Morgan fingerprint density at radius 3 is 1.40 bits per heavy atom. The highest BCUT2D eigenvalue weighted by Crippen LogP contribution is 2.38. The number of aliphatic hydroxyl groups is 1. The van der Waals surface area contributed by atoms with Crippen LogP contribution in [0.15, 0.2) is 24.3 Å². The van der Waals surface area contributed by atoms with Crippen LogP contribution in [0.1, 0.15) is 232 Å². The number of rotatable bonds is 45. The molecular weight excluding hydrogens is 744 g/mol. The van der Waals surface area contributed by atoms with Gasteiger partial charge in [-0.3, -0.25) is 9.36 Å². The molecule has 0 aliphatic rings. The third kappa shape index (κ3) is 43.1. The molecule has 0 radical (unpaired) electrons. The molecule has 3 unspecified atom stereocenters. The zero-order valence-electron chi connectivity index (χ0n) is 39.0. The minimum Gasteiger partial charge on any atom is -0.756 e. The van der Waals surface area contributed by atoms with E-state index in [2.05, 4.69) is 31.3 Å². The van der Waals surface area contributed by atoms with Gasteiger partial charge in [0.25, 0.3) is 7.82 Å². The van der Waals surface area contributed by atoms with Crippen LogP contribution in [0.4, 0.5) is 0 Å². The number of hydrogen-bond acceptors (Lipinski definition) is 6. The standard InChI is InChI=1S/C49H97N2O6P/c1-6-8-10-12-14-16-18-19-20-21-22-23-24-25-26-27-28-29-30-31-32-33-34-36-38-40-42-48(52)47(46-57-58(54,55)56-45-44-51(3,4)5)50-49(53)43-41-39-37-35-17-15-13-11-9-7-2/h33-34,40,42,47-48,52H,6-32,35-39,41,43-46H2,1-5H3,(H-,50,53,54,55)/b34-33+,42-40+. The van der Waals surface area contributed by atoms with Crippen molar-refractivity contribution in [2.24, 2.45) is 0 Å². The first kappa shape index (κ1) is 57.0. The minimum absolute atomic E-state index is 0.00436. The molecule has 0 heterocycles. The van der Waals surface area contributed by atoms with Crippen molar-refractivity contribution >= 4 is 13.7 Å². The van der Waals surface area contributed by atoms with E-state index in [-0.39, 0.29) is 19.1 Å². The number of unbranched alkanes of at least 4 members (excludes halogenated alkanes) is 30. The highest BCUT2D eigenvalue weighted by atomic mass is 31.2. The highest BCUT2D eigenvalue weighted by Gasteiger charge is 2.23. The predicted molar refractivity (Wildman–Crippen MR) is 247 cm³/mol. The summed E-state index contributed by atoms with van der Waals surface area (Å²) in [5.41, 5.74) is 0. The highest BCUT2D eigenvalue weighted by molar-refractivity contribution is 7.45. The van der Waals surface area contributed by atoms with E-state index in [1.807, 2.05) is 27.2 Å². The van der Waals surface area contributed by atoms with Gasteiger partial charge in [-0.2, -0.15) is 0 Å². The van der Waals surface area contributed by atoms with Crippen LogP contribution in [0.2, 0.25) is 0 Å². The molecule has 1 amide bonds. The monoisotopic (exact) mass is 841 g/mol. The van der Waals surface area contributed by atoms with Gasteiger partial charge in [-0.1, -0.05) is 218 Å². The van der Waals surface area contributed by atoms with Gasteiger partial charge in [0.1, 0.15) is 13.2 Å². The van der Waals surface area contributed by atoms with Crippen molar-refractivity contribution in [2.75, 3.05) is 40.9 Å². The van der Waals surface area contributed by atoms with Gasteiger partial charge in [0, 0.05) is 6.42 Å². The van der Waals surface area contributed by atoms with E-state index in [0.717, 1.165) is 38.5 Å². The Morgan fingerprint density at radius 2 is 0.966 bits per heavy atom. The van der Waals surface area contributed by atoms with E-state index in [1.165, 1.54) is 173 Å². The number of quaternary nitrogens is 1. The molecule has 0 aliphatic carbocycles. The molecular formula is C49H97N2O6P. The van der Waals surface area contributed by atoms with E-state index in [4.69, 9.17) is 9.05 Å². The molecule has 0 spiro atoms. The number of aliphatic hydroxyl groups excluding tert-OH is 1. The van der Waals surface area contributed by atoms with Crippen molar-refractivity contribution in [3.8, 4) is 0 Å². The Hall–Kier alpha value is -1.02. The SMILES string of the molecule is CCCCCCCCCCCCCCCCCCCCCC/C=C/CC/C=C/C(O)C(COP(=O)([O-])OCC[N+](C)(C)C)NC(=O)CCCCCCCCCCCC. The van der Waals surface area contributed by atoms with E-state index in [1.54, 1.807) is 6.08 Å². The van der Waals surface area contributed by atoms with Gasteiger partial charge in [-0.05, 0) is 32.1 Å². The fraction of sp³-hybridized carbons (Fsp3) is 0.898. The number of phosphoric ester groups is 1. The summed E-state index contributed by atoms with van der Waals surface area (Å²) < 4.78 is 23.2. The number of nitrogens with zero attached hydrogens (tertiary/aromatic N) is 1. The fourth-order valence-corrected chi connectivity index (χ4v) is 7.95. The van der Waals surface area contributed by atoms with E-state index >= 15 is 0 Å². The number of nitrogens with one attached hydrogen (secondary N) is 1. The first-order valence-corrected chi connectivity index (χ1v) is 26.2. The maximum Gasteiger partial charge on any atom is 0.268 e. The molecule has 0 saturated carbocycles. The summed E-state index contributed by atoms with van der Waals surface area (Å²) in [7, 11) is 1.25. The minimum atomic E-state index is -4.59. The summed E-state index contributed by atoms with van der Waals surface area (Å²) in [6.45, 7) is 4.62. The topological polar surface area (TPSA) is 108 Å². The van der Waals surface area contributed by atoms with Crippen LogP contribution in [0.5, 0.6) is 0 Å². The largest absolute Gasteiger partial charge is 0.756 e. The summed E-state index contributed by atoms with van der Waals surface area (Å²) in [6, 6.07) is -0.897. The molecule has 0 aromatic carbocycles. The maximum absolute atomic E-state index is 12.8. The zero-order valence-corrected chi connectivity index (χ0v) is 39.9. The molecule has 2 N–H and O–H groups in total. The summed E-state index contributed by atoms with van der Waals surface area (Å²) in [4.78, 5) is 25.2. The lowest BCUT2D eigenvalue weighted by Gasteiger charge is -2.29. The molecule has 8 nitrogen and oxygen atoms in total. The first-order valence-electron chi connectivity index (χ1n) is 24.7. The second kappa shape index (κ2) is 41.3. The molecule has 9 heteroatoms. The lowest BCUT2D eigenvalue weighted by molar-refractivity contribution is -0.870. The quantitative estimate of drug-likeness (QED) is 0.0274. The molecule has 0 aromatic rings. The summed E-state index contributed by atoms with van der Waals surface area (Å²) in [6.07, 6.45) is 49.7. The molecule has 0 aromatic heterocycles. The third-order valence-electron chi connectivity index (χ3n) is 11.2. The van der Waals surface area contributed by atoms with Crippen LogP contribution >= 0.6 is 7.82 Å². The van der Waals surface area contributed by atoms with Crippen LogP contribution in [0, 0.1) is 0 Å². The van der Waals surface area contributed by atoms with Crippen LogP contribution < -0.4 is 10.2 Å². The van der Waals surface area contributed by atoms with Crippen molar-refractivity contribution in [3.05, 3.63) is 24.3 Å². The number of likely N-dealkylation sites (N-methyl/N-ethyl adjacent to an activating group) is 1. The maximum atomic E-state index is 12.8. The number of hydrogen-bond donors (Lipinski definition) is 2. The van der Waals surface area contributed by atoms with Gasteiger partial charge in [0.15, 0.2) is 0 Å². The summed E-state index contributed by atoms with van der Waals surface area (Å²) in [5.74, 6) is -0.208. The fourth-order valence-electron chi connectivity index (χ4n) is 7.23. The molecule has 344 valence electrons. The van der Waals surface area contributed by atoms with Crippen LogP contribution in [-0.2, 0) is 18.4 Å². The van der Waals surface area contributed by atoms with Gasteiger partial charge in [-0.25, -0.2) is 0 Å². The Morgan fingerprint density at radius 1 is 0.586 bits per heavy atom. The lowest BCUT2D eigenvalue weighted by Crippen LogP contribution is -2.45. The van der Waals surface area contributed by atoms with Gasteiger partial charge in [-0.15, -0.1) is 0 Å². The average molecular weight is 841 g/mol. The predicted octanol–water partition coefficient (Wildman–Crippen LogP) is 13.5. The number of amides is 1. The Labute approximate surface area is 360 Å². The molecule has 3 atom stereocenters. The molecule has 0 fully saturated rings. The van der Waals surface area contributed by atoms with Crippen LogP contribution in [-0.4, -0.2) is 68.5 Å². The Balaban J connectivity index is 4.22.